The molecule has 0 atom stereocenters. The van der Waals surface area contributed by atoms with Gasteiger partial charge in [0.15, 0.2) is 23.4 Å². The highest BCUT2D eigenvalue weighted by atomic mass is 32.2. The maximum absolute atomic E-state index is 10.3. The molecule has 6 nitrogen and oxygen atoms in total. The molecular formula is C24H23NO5S. The van der Waals surface area contributed by atoms with Crippen molar-refractivity contribution in [3.05, 3.63) is 96.3 Å². The van der Waals surface area contributed by atoms with Crippen LogP contribution in [-0.4, -0.2) is 27.2 Å². The SMILES string of the molecule is COc1ccc(Cc2[nH+]ccc3ccccc23)cc1OC.O=S(=O)([O-])c1ccccc1. The van der Waals surface area contributed by atoms with Gasteiger partial charge in [0.2, 0.25) is 0 Å². The highest BCUT2D eigenvalue weighted by Crippen LogP contribution is 2.28. The highest BCUT2D eigenvalue weighted by Gasteiger charge is 2.11. The van der Waals surface area contributed by atoms with Crippen LogP contribution >= 0.6 is 0 Å². The zero-order chi connectivity index (χ0) is 22.3. The molecular weight excluding hydrogens is 414 g/mol. The summed E-state index contributed by atoms with van der Waals surface area (Å²) in [5.74, 6) is 1.51. The van der Waals surface area contributed by atoms with E-state index in [0.717, 1.165) is 17.9 Å². The molecule has 1 aromatic heterocycles. The van der Waals surface area contributed by atoms with Gasteiger partial charge < -0.3 is 14.0 Å². The third-order valence-electron chi connectivity index (χ3n) is 4.67. The maximum atomic E-state index is 10.3. The van der Waals surface area contributed by atoms with E-state index in [1.165, 1.54) is 46.3 Å². The van der Waals surface area contributed by atoms with Gasteiger partial charge >= 0.3 is 0 Å². The predicted molar refractivity (Wildman–Crippen MR) is 117 cm³/mol. The zero-order valence-electron chi connectivity index (χ0n) is 17.2. The molecule has 0 unspecified atom stereocenters. The molecule has 1 heterocycles. The fraction of sp³-hybridized carbons (Fsp3) is 0.125. The van der Waals surface area contributed by atoms with E-state index in [4.69, 9.17) is 9.47 Å². The lowest BCUT2D eigenvalue weighted by molar-refractivity contribution is -0.387. The van der Waals surface area contributed by atoms with E-state index in [-0.39, 0.29) is 4.90 Å². The van der Waals surface area contributed by atoms with E-state index >= 15 is 0 Å². The van der Waals surface area contributed by atoms with Crippen LogP contribution in [0.1, 0.15) is 11.3 Å². The van der Waals surface area contributed by atoms with Crippen LogP contribution in [0.2, 0.25) is 0 Å². The first-order valence-electron chi connectivity index (χ1n) is 9.52. The topological polar surface area (TPSA) is 89.8 Å². The number of fused-ring (bicyclic) bond motifs is 1. The van der Waals surface area contributed by atoms with Crippen molar-refractivity contribution in [3.8, 4) is 11.5 Å². The molecule has 4 rings (SSSR count). The van der Waals surface area contributed by atoms with Crippen LogP contribution in [0, 0.1) is 0 Å². The van der Waals surface area contributed by atoms with Crippen molar-refractivity contribution < 1.29 is 27.4 Å². The Morgan fingerprint density at radius 2 is 1.52 bits per heavy atom. The van der Waals surface area contributed by atoms with Crippen molar-refractivity contribution in [1.82, 2.24) is 0 Å². The van der Waals surface area contributed by atoms with Crippen LogP contribution in [0.25, 0.3) is 10.8 Å². The summed E-state index contributed by atoms with van der Waals surface area (Å²) in [4.78, 5) is 3.17. The van der Waals surface area contributed by atoms with Gasteiger partial charge in [0.1, 0.15) is 10.1 Å². The van der Waals surface area contributed by atoms with Crippen LogP contribution in [0.3, 0.4) is 0 Å². The minimum atomic E-state index is -4.25. The Morgan fingerprint density at radius 3 is 2.16 bits per heavy atom. The van der Waals surface area contributed by atoms with Crippen molar-refractivity contribution >= 4 is 20.9 Å². The summed E-state index contributed by atoms with van der Waals surface area (Å²) in [6.45, 7) is 0. The molecule has 160 valence electrons. The number of ether oxygens (including phenoxy) is 2. The summed E-state index contributed by atoms with van der Waals surface area (Å²) in [5, 5.41) is 2.49. The summed E-state index contributed by atoms with van der Waals surface area (Å²) in [6, 6.07) is 23.7. The Balaban J connectivity index is 0.000000229. The van der Waals surface area contributed by atoms with Gasteiger partial charge in [0.25, 0.3) is 0 Å². The molecule has 4 aromatic rings. The Labute approximate surface area is 181 Å². The first-order chi connectivity index (χ1) is 14.9. The molecule has 1 N–H and O–H groups in total. The second-order valence-electron chi connectivity index (χ2n) is 6.68. The van der Waals surface area contributed by atoms with Crippen molar-refractivity contribution in [2.75, 3.05) is 14.2 Å². The Hall–Kier alpha value is -3.42. The second-order valence-corrected chi connectivity index (χ2v) is 8.06. The van der Waals surface area contributed by atoms with Crippen LogP contribution in [-0.2, 0) is 16.5 Å². The van der Waals surface area contributed by atoms with Gasteiger partial charge in [0.05, 0.1) is 25.5 Å². The summed E-state index contributed by atoms with van der Waals surface area (Å²) in [6.07, 6.45) is 2.81. The fourth-order valence-electron chi connectivity index (χ4n) is 3.16. The Morgan fingerprint density at radius 1 is 0.839 bits per heavy atom. The number of aromatic amines is 1. The monoisotopic (exact) mass is 437 g/mol. The number of benzene rings is 3. The van der Waals surface area contributed by atoms with Crippen molar-refractivity contribution in [2.24, 2.45) is 0 Å². The number of hydrogen-bond acceptors (Lipinski definition) is 5. The zero-order valence-corrected chi connectivity index (χ0v) is 18.1. The van der Waals surface area contributed by atoms with Crippen molar-refractivity contribution in [1.29, 1.82) is 0 Å². The van der Waals surface area contributed by atoms with E-state index in [2.05, 4.69) is 41.4 Å². The largest absolute Gasteiger partial charge is 0.744 e. The van der Waals surface area contributed by atoms with E-state index in [1.54, 1.807) is 20.3 Å². The molecule has 0 bridgehead atoms. The van der Waals surface area contributed by atoms with E-state index in [9.17, 15) is 13.0 Å². The fourth-order valence-corrected chi connectivity index (χ4v) is 3.65. The van der Waals surface area contributed by atoms with Crippen LogP contribution in [0.4, 0.5) is 0 Å². The molecule has 0 aliphatic rings. The molecule has 3 aromatic carbocycles. The van der Waals surface area contributed by atoms with Gasteiger partial charge in [-0.2, -0.15) is 0 Å². The average Bonchev–Trinajstić information content (AvgIpc) is 2.80. The number of methoxy groups -OCH3 is 2. The van der Waals surface area contributed by atoms with Crippen molar-refractivity contribution in [3.63, 3.8) is 0 Å². The van der Waals surface area contributed by atoms with Crippen LogP contribution < -0.4 is 14.5 Å². The molecule has 0 saturated heterocycles. The molecule has 0 spiro atoms. The molecule has 31 heavy (non-hydrogen) atoms. The van der Waals surface area contributed by atoms with Gasteiger partial charge in [-0.1, -0.05) is 42.5 Å². The smallest absolute Gasteiger partial charge is 0.191 e. The molecule has 0 aliphatic carbocycles. The number of pyridine rings is 1. The molecule has 7 heteroatoms. The maximum Gasteiger partial charge on any atom is 0.191 e. The quantitative estimate of drug-likeness (QED) is 0.443. The minimum absolute atomic E-state index is 0.185. The molecule has 0 amide bonds. The lowest BCUT2D eigenvalue weighted by atomic mass is 10.0. The van der Waals surface area contributed by atoms with E-state index in [1.807, 2.05) is 18.3 Å². The highest BCUT2D eigenvalue weighted by molar-refractivity contribution is 7.85. The lowest BCUT2D eigenvalue weighted by Crippen LogP contribution is -2.11. The van der Waals surface area contributed by atoms with Gasteiger partial charge in [-0.3, -0.25) is 0 Å². The Kier molecular flexibility index (Phi) is 7.23. The van der Waals surface area contributed by atoms with Crippen LogP contribution in [0.15, 0.2) is 90.0 Å². The number of nitrogens with one attached hydrogen (secondary N) is 1. The summed E-state index contributed by atoms with van der Waals surface area (Å²) in [5.41, 5.74) is 2.38. The van der Waals surface area contributed by atoms with E-state index in [0.29, 0.717) is 0 Å². The molecule has 0 fully saturated rings. The number of hydrogen-bond donors (Lipinski definition) is 0. The molecule has 0 saturated carbocycles. The Bertz CT molecular complexity index is 1250. The second kappa shape index (κ2) is 10.1. The number of aromatic nitrogens is 1. The van der Waals surface area contributed by atoms with Gasteiger partial charge in [-0.05, 0) is 41.3 Å². The normalized spacial score (nSPS) is 10.8. The van der Waals surface area contributed by atoms with Crippen LogP contribution in [0.5, 0.6) is 11.5 Å². The summed E-state index contributed by atoms with van der Waals surface area (Å²) >= 11 is 0. The van der Waals surface area contributed by atoms with Crippen molar-refractivity contribution in [2.45, 2.75) is 11.3 Å². The third-order valence-corrected chi connectivity index (χ3v) is 5.52. The summed E-state index contributed by atoms with van der Waals surface area (Å²) in [7, 11) is -0.946. The van der Waals surface area contributed by atoms with E-state index < -0.39 is 10.1 Å². The number of rotatable bonds is 5. The standard InChI is InChI=1S/C18H17NO2.C6H6O3S/c1-20-17-8-7-13(12-18(17)21-2)11-16-15-6-4-3-5-14(15)9-10-19-16;7-10(8,9)6-4-2-1-3-5-6/h3-10,12H,11H2,1-2H3;1-5H,(H,7,8,9). The minimum Gasteiger partial charge on any atom is -0.744 e. The molecule has 0 aliphatic heterocycles. The first-order valence-corrected chi connectivity index (χ1v) is 10.9. The van der Waals surface area contributed by atoms with Gasteiger partial charge in [-0.15, -0.1) is 0 Å². The third kappa shape index (κ3) is 5.81. The lowest BCUT2D eigenvalue weighted by Gasteiger charge is -2.09. The molecule has 0 radical (unpaired) electrons. The van der Waals surface area contributed by atoms with Gasteiger partial charge in [-0.25, -0.2) is 13.4 Å². The first kappa shape index (κ1) is 22.3. The average molecular weight is 438 g/mol. The number of H-pyrrole nitrogens is 1. The summed E-state index contributed by atoms with van der Waals surface area (Å²) < 4.78 is 41.5. The predicted octanol–water partition coefficient (Wildman–Crippen LogP) is 3.85. The van der Waals surface area contributed by atoms with Gasteiger partial charge in [0, 0.05) is 11.5 Å².